The van der Waals surface area contributed by atoms with E-state index in [0.717, 1.165) is 11.1 Å². The highest BCUT2D eigenvalue weighted by atomic mass is 35.5. The molecular formula is C13H11ClN2O3. The number of aromatic nitrogens is 1. The van der Waals surface area contributed by atoms with E-state index in [0.29, 0.717) is 11.3 Å². The third-order valence-corrected chi connectivity index (χ3v) is 3.28. The van der Waals surface area contributed by atoms with E-state index < -0.39 is 11.8 Å². The fourth-order valence-electron chi connectivity index (χ4n) is 2.00. The fourth-order valence-corrected chi connectivity index (χ4v) is 2.16. The van der Waals surface area contributed by atoms with Crippen molar-refractivity contribution >= 4 is 22.7 Å². The van der Waals surface area contributed by atoms with E-state index >= 15 is 0 Å². The molecule has 0 fully saturated rings. The summed E-state index contributed by atoms with van der Waals surface area (Å²) in [7, 11) is 1.65. The van der Waals surface area contributed by atoms with Crippen LogP contribution in [0, 0.1) is 0 Å². The molecule has 3 rings (SSSR count). The lowest BCUT2D eigenvalue weighted by atomic mass is 10.1. The summed E-state index contributed by atoms with van der Waals surface area (Å²) in [5.41, 5.74) is 8.09. The van der Waals surface area contributed by atoms with Crippen molar-refractivity contribution in [2.45, 2.75) is 6.04 Å². The van der Waals surface area contributed by atoms with Crippen LogP contribution >= 0.6 is 11.6 Å². The van der Waals surface area contributed by atoms with Crippen LogP contribution in [0.1, 0.15) is 17.4 Å². The first-order valence-electron chi connectivity index (χ1n) is 5.66. The molecule has 19 heavy (non-hydrogen) atoms. The molecule has 0 bridgehead atoms. The molecule has 0 amide bonds. The summed E-state index contributed by atoms with van der Waals surface area (Å²) in [5, 5.41) is 0.290. The highest BCUT2D eigenvalue weighted by molar-refractivity contribution is 6.28. The molecular weight excluding hydrogens is 268 g/mol. The zero-order valence-electron chi connectivity index (χ0n) is 10.1. The van der Waals surface area contributed by atoms with Crippen molar-refractivity contribution in [1.82, 2.24) is 4.57 Å². The Kier molecular flexibility index (Phi) is 2.73. The first-order valence-corrected chi connectivity index (χ1v) is 6.04. The van der Waals surface area contributed by atoms with Crippen molar-refractivity contribution in [2.24, 2.45) is 12.8 Å². The van der Waals surface area contributed by atoms with Crippen molar-refractivity contribution in [3.63, 3.8) is 0 Å². The van der Waals surface area contributed by atoms with Crippen LogP contribution in [0.25, 0.3) is 11.1 Å². The lowest BCUT2D eigenvalue weighted by molar-refractivity contribution is 0.491. The molecule has 1 unspecified atom stereocenters. The van der Waals surface area contributed by atoms with E-state index in [9.17, 15) is 4.79 Å². The summed E-state index contributed by atoms with van der Waals surface area (Å²) < 4.78 is 11.8. The highest BCUT2D eigenvalue weighted by Crippen LogP contribution is 2.26. The second-order valence-corrected chi connectivity index (χ2v) is 4.65. The largest absolute Gasteiger partial charge is 0.448 e. The molecule has 2 aromatic heterocycles. The standard InChI is InChI=1S/C13H11ClN2O3/c1-16-8-3-2-7(6-10(8)19-13(16)17)12(15)9-4-5-11(14)18-9/h2-6,12H,15H2,1H3. The van der Waals surface area contributed by atoms with Crippen LogP contribution in [0.4, 0.5) is 0 Å². The van der Waals surface area contributed by atoms with E-state index in [-0.39, 0.29) is 5.22 Å². The molecule has 0 saturated carbocycles. The van der Waals surface area contributed by atoms with Crippen LogP contribution in [0.2, 0.25) is 5.22 Å². The average molecular weight is 279 g/mol. The Morgan fingerprint density at radius 3 is 2.74 bits per heavy atom. The van der Waals surface area contributed by atoms with Gasteiger partial charge in [-0.25, -0.2) is 4.79 Å². The zero-order chi connectivity index (χ0) is 13.6. The van der Waals surface area contributed by atoms with Gasteiger partial charge in [0, 0.05) is 7.05 Å². The number of nitrogens with two attached hydrogens (primary N) is 1. The van der Waals surface area contributed by atoms with Crippen LogP contribution in [0.3, 0.4) is 0 Å². The minimum Gasteiger partial charge on any atom is -0.448 e. The maximum absolute atomic E-state index is 11.4. The maximum Gasteiger partial charge on any atom is 0.419 e. The molecule has 0 saturated heterocycles. The van der Waals surface area contributed by atoms with Gasteiger partial charge in [0.15, 0.2) is 10.8 Å². The summed E-state index contributed by atoms with van der Waals surface area (Å²) in [5.74, 6) is 0.157. The number of aryl methyl sites for hydroxylation is 1. The van der Waals surface area contributed by atoms with Gasteiger partial charge in [0.1, 0.15) is 5.76 Å². The zero-order valence-corrected chi connectivity index (χ0v) is 10.8. The SMILES string of the molecule is Cn1c(=O)oc2cc(C(N)c3ccc(Cl)o3)ccc21. The summed E-state index contributed by atoms with van der Waals surface area (Å²) >= 11 is 5.73. The Hall–Kier alpha value is -1.98. The Morgan fingerprint density at radius 1 is 1.26 bits per heavy atom. The Bertz CT molecular complexity index is 800. The minimum absolute atomic E-state index is 0.290. The lowest BCUT2D eigenvalue weighted by Crippen LogP contribution is -2.10. The molecule has 1 atom stereocenters. The highest BCUT2D eigenvalue weighted by Gasteiger charge is 2.15. The number of benzene rings is 1. The monoisotopic (exact) mass is 278 g/mol. The molecule has 0 aliphatic heterocycles. The topological polar surface area (TPSA) is 74.3 Å². The fraction of sp³-hybridized carbons (Fsp3) is 0.154. The van der Waals surface area contributed by atoms with Gasteiger partial charge >= 0.3 is 5.76 Å². The molecule has 6 heteroatoms. The van der Waals surface area contributed by atoms with E-state index in [1.54, 1.807) is 31.3 Å². The van der Waals surface area contributed by atoms with E-state index in [1.807, 2.05) is 6.07 Å². The first kappa shape index (κ1) is 12.1. The van der Waals surface area contributed by atoms with Gasteiger partial charge in [-0.15, -0.1) is 0 Å². The molecule has 2 heterocycles. The van der Waals surface area contributed by atoms with Gasteiger partial charge in [-0.3, -0.25) is 4.57 Å². The van der Waals surface area contributed by atoms with Gasteiger partial charge in [-0.2, -0.15) is 0 Å². The van der Waals surface area contributed by atoms with Gasteiger partial charge in [0.2, 0.25) is 0 Å². The quantitative estimate of drug-likeness (QED) is 0.781. The Balaban J connectivity index is 2.08. The third kappa shape index (κ3) is 1.97. The van der Waals surface area contributed by atoms with E-state index in [4.69, 9.17) is 26.2 Å². The summed E-state index contributed by atoms with van der Waals surface area (Å²) in [6, 6.07) is 8.26. The van der Waals surface area contributed by atoms with Gasteiger partial charge < -0.3 is 14.6 Å². The van der Waals surface area contributed by atoms with Crippen molar-refractivity contribution in [2.75, 3.05) is 0 Å². The predicted molar refractivity (Wildman–Crippen MR) is 71.2 cm³/mol. The summed E-state index contributed by atoms with van der Waals surface area (Å²) in [4.78, 5) is 11.4. The van der Waals surface area contributed by atoms with Crippen LogP contribution in [0.15, 0.2) is 44.0 Å². The van der Waals surface area contributed by atoms with Crippen molar-refractivity contribution in [3.8, 4) is 0 Å². The molecule has 5 nitrogen and oxygen atoms in total. The molecule has 1 aromatic carbocycles. The van der Waals surface area contributed by atoms with Crippen LogP contribution in [-0.2, 0) is 7.05 Å². The summed E-state index contributed by atoms with van der Waals surface area (Å²) in [6.45, 7) is 0. The second-order valence-electron chi connectivity index (χ2n) is 4.27. The molecule has 98 valence electrons. The second kappa shape index (κ2) is 4.29. The molecule has 0 aliphatic rings. The Labute approximate surface area is 113 Å². The Morgan fingerprint density at radius 2 is 2.05 bits per heavy atom. The number of rotatable bonds is 2. The van der Waals surface area contributed by atoms with Gasteiger partial charge in [-0.05, 0) is 41.4 Å². The normalized spacial score (nSPS) is 13.0. The average Bonchev–Trinajstić information content (AvgIpc) is 2.94. The lowest BCUT2D eigenvalue weighted by Gasteiger charge is -2.08. The number of hydrogen-bond acceptors (Lipinski definition) is 4. The van der Waals surface area contributed by atoms with Crippen LogP contribution < -0.4 is 11.5 Å². The van der Waals surface area contributed by atoms with Gasteiger partial charge in [-0.1, -0.05) is 6.07 Å². The number of nitrogens with zero attached hydrogens (tertiary/aromatic N) is 1. The number of oxazole rings is 1. The van der Waals surface area contributed by atoms with Crippen LogP contribution in [-0.4, -0.2) is 4.57 Å². The molecule has 3 aromatic rings. The minimum atomic E-state index is -0.456. The van der Waals surface area contributed by atoms with Crippen LogP contribution in [0.5, 0.6) is 0 Å². The smallest absolute Gasteiger partial charge is 0.419 e. The predicted octanol–water partition coefficient (Wildman–Crippen LogP) is 2.43. The molecule has 2 N–H and O–H groups in total. The van der Waals surface area contributed by atoms with Crippen molar-refractivity contribution < 1.29 is 8.83 Å². The number of fused-ring (bicyclic) bond motifs is 1. The number of hydrogen-bond donors (Lipinski definition) is 1. The summed E-state index contributed by atoms with van der Waals surface area (Å²) in [6.07, 6.45) is 0. The van der Waals surface area contributed by atoms with Crippen molar-refractivity contribution in [3.05, 3.63) is 57.4 Å². The maximum atomic E-state index is 11.4. The third-order valence-electron chi connectivity index (χ3n) is 3.08. The van der Waals surface area contributed by atoms with E-state index in [2.05, 4.69) is 0 Å². The first-order chi connectivity index (χ1) is 9.06. The number of halogens is 1. The van der Waals surface area contributed by atoms with E-state index in [1.165, 1.54) is 4.57 Å². The molecule has 0 aliphatic carbocycles. The molecule has 0 radical (unpaired) electrons. The van der Waals surface area contributed by atoms with Gasteiger partial charge in [0.05, 0.1) is 11.6 Å². The number of furan rings is 1. The van der Waals surface area contributed by atoms with Crippen molar-refractivity contribution in [1.29, 1.82) is 0 Å². The van der Waals surface area contributed by atoms with Gasteiger partial charge in [0.25, 0.3) is 0 Å². The molecule has 0 spiro atoms.